The van der Waals surface area contributed by atoms with Crippen molar-refractivity contribution >= 4 is 39.8 Å². The van der Waals surface area contributed by atoms with Crippen molar-refractivity contribution in [3.05, 3.63) is 71.2 Å². The zero-order chi connectivity index (χ0) is 25.8. The molecule has 1 heterocycles. The Morgan fingerprint density at radius 1 is 1.17 bits per heavy atom. The second-order valence-electron chi connectivity index (χ2n) is 7.33. The van der Waals surface area contributed by atoms with Crippen molar-refractivity contribution in [3.63, 3.8) is 0 Å². The van der Waals surface area contributed by atoms with Crippen LogP contribution in [0.1, 0.15) is 21.5 Å². The van der Waals surface area contributed by atoms with E-state index in [2.05, 4.69) is 20.6 Å². The number of carbonyl (C=O) groups excluding carboxylic acids is 1. The number of hydrogen-bond donors (Lipinski definition) is 4. The topological polar surface area (TPSA) is 130 Å². The molecular formula is C21H20F4N6O3S. The van der Waals surface area contributed by atoms with Crippen LogP contribution in [0.3, 0.4) is 0 Å². The van der Waals surface area contributed by atoms with Gasteiger partial charge >= 0.3 is 6.18 Å². The number of benzene rings is 2. The van der Waals surface area contributed by atoms with Gasteiger partial charge in [-0.25, -0.2) is 17.8 Å². The fraction of sp³-hybridized carbons (Fsp3) is 0.190. The number of anilines is 4. The number of thiol groups is 1. The smallest absolute Gasteiger partial charge is 0.366 e. The minimum Gasteiger partial charge on any atom is -0.366 e. The lowest BCUT2D eigenvalue weighted by Crippen LogP contribution is -2.19. The molecule has 0 aliphatic rings. The van der Waals surface area contributed by atoms with Crippen molar-refractivity contribution in [2.45, 2.75) is 12.7 Å². The van der Waals surface area contributed by atoms with Crippen LogP contribution in [-0.2, 0) is 23.4 Å². The number of carbonyl (C=O) groups is 1. The van der Waals surface area contributed by atoms with Crippen LogP contribution in [0.15, 0.2) is 48.7 Å². The Morgan fingerprint density at radius 3 is 2.54 bits per heavy atom. The number of amides is 1. The number of nitrogens with zero attached hydrogens (tertiary/aromatic N) is 3. The van der Waals surface area contributed by atoms with E-state index in [0.717, 1.165) is 12.1 Å². The van der Waals surface area contributed by atoms with Gasteiger partial charge in [0.15, 0.2) is 10.7 Å². The summed E-state index contributed by atoms with van der Waals surface area (Å²) in [6.07, 6.45) is -4.17. The summed E-state index contributed by atoms with van der Waals surface area (Å²) in [4.78, 5) is 20.2. The molecule has 0 atom stereocenters. The molecule has 14 heteroatoms. The van der Waals surface area contributed by atoms with Crippen molar-refractivity contribution < 1.29 is 30.8 Å². The van der Waals surface area contributed by atoms with Gasteiger partial charge < -0.3 is 21.3 Å². The van der Waals surface area contributed by atoms with Crippen LogP contribution in [0.25, 0.3) is 0 Å². The maximum absolute atomic E-state index is 14.0. The third kappa shape index (κ3) is 6.79. The van der Waals surface area contributed by atoms with Crippen molar-refractivity contribution in [3.8, 4) is 0 Å². The van der Waals surface area contributed by atoms with Crippen LogP contribution >= 0.6 is 0 Å². The van der Waals surface area contributed by atoms with Gasteiger partial charge in [0.05, 0.1) is 5.56 Å². The van der Waals surface area contributed by atoms with E-state index in [9.17, 15) is 30.8 Å². The zero-order valence-electron chi connectivity index (χ0n) is 18.1. The van der Waals surface area contributed by atoms with Crippen LogP contribution in [-0.4, -0.2) is 37.2 Å². The summed E-state index contributed by atoms with van der Waals surface area (Å²) in [6, 6.07) is 9.94. The highest BCUT2D eigenvalue weighted by Crippen LogP contribution is 2.34. The average Bonchev–Trinajstić information content (AvgIpc) is 2.76. The largest absolute Gasteiger partial charge is 0.421 e. The Hall–Kier alpha value is -3.94. The van der Waals surface area contributed by atoms with E-state index in [0.29, 0.717) is 17.4 Å². The van der Waals surface area contributed by atoms with Gasteiger partial charge in [0.1, 0.15) is 23.1 Å². The van der Waals surface area contributed by atoms with Crippen LogP contribution < -0.4 is 21.3 Å². The molecule has 1 amide bonds. The monoisotopic (exact) mass is 512 g/mol. The quantitative estimate of drug-likeness (QED) is 0.254. The molecule has 0 spiro atoms. The Bertz CT molecular complexity index is 1310. The summed E-state index contributed by atoms with van der Waals surface area (Å²) in [5.41, 5.74) is 4.81. The molecule has 186 valence electrons. The minimum absolute atomic E-state index is 0.0628. The summed E-state index contributed by atoms with van der Waals surface area (Å²) in [6.45, 7) is -0.0628. The standard InChI is InChI=1S/C21H20F4N6O3S/c1-31(11-35(33)34)14-4-2-3-12(7-14)9-27-19-16(21(23,24)25)10-28-20(30-19)29-13-5-6-15(18(26)32)17(22)8-13/h2-8,10,35H,9,11H2,1H3,(H2,26,32)(H2,27,28,29,30). The van der Waals surface area contributed by atoms with Crippen molar-refractivity contribution in [1.29, 1.82) is 0 Å². The van der Waals surface area contributed by atoms with E-state index in [4.69, 9.17) is 5.73 Å². The zero-order valence-corrected chi connectivity index (χ0v) is 19.0. The predicted molar refractivity (Wildman–Crippen MR) is 123 cm³/mol. The third-order valence-electron chi connectivity index (χ3n) is 4.72. The summed E-state index contributed by atoms with van der Waals surface area (Å²) in [5.74, 6) is -2.88. The molecule has 0 aliphatic heterocycles. The van der Waals surface area contributed by atoms with Gasteiger partial charge in [0, 0.05) is 31.2 Å². The first-order chi connectivity index (χ1) is 16.4. The van der Waals surface area contributed by atoms with Crippen LogP contribution in [0, 0.1) is 5.82 Å². The summed E-state index contributed by atoms with van der Waals surface area (Å²) in [7, 11) is -1.08. The predicted octanol–water partition coefficient (Wildman–Crippen LogP) is 3.09. The van der Waals surface area contributed by atoms with Gasteiger partial charge in [0.2, 0.25) is 5.95 Å². The molecule has 35 heavy (non-hydrogen) atoms. The number of nitrogens with one attached hydrogen (secondary N) is 2. The fourth-order valence-electron chi connectivity index (χ4n) is 3.05. The van der Waals surface area contributed by atoms with E-state index in [1.807, 2.05) is 0 Å². The second-order valence-corrected chi connectivity index (χ2v) is 8.28. The molecule has 0 radical (unpaired) electrons. The molecule has 0 unspecified atom stereocenters. The summed E-state index contributed by atoms with van der Waals surface area (Å²) in [5, 5.41) is 5.20. The SMILES string of the molecule is CN(C[SH](=O)=O)c1cccc(CNc2nc(Nc3ccc(C(N)=O)c(F)c3)ncc2C(F)(F)F)c1. The molecule has 4 N–H and O–H groups in total. The highest BCUT2D eigenvalue weighted by Gasteiger charge is 2.35. The second kappa shape index (κ2) is 10.5. The Balaban J connectivity index is 1.84. The number of halogens is 4. The molecule has 1 aromatic heterocycles. The number of hydrogen-bond acceptors (Lipinski definition) is 8. The first-order valence-electron chi connectivity index (χ1n) is 9.90. The number of alkyl halides is 3. The Labute approximate surface area is 198 Å². The van der Waals surface area contributed by atoms with Crippen molar-refractivity contribution in [2.75, 3.05) is 28.5 Å². The summed E-state index contributed by atoms with van der Waals surface area (Å²) >= 11 is 0. The molecule has 0 saturated heterocycles. The van der Waals surface area contributed by atoms with Crippen LogP contribution in [0.4, 0.5) is 40.7 Å². The summed E-state index contributed by atoms with van der Waals surface area (Å²) < 4.78 is 76.4. The number of primary amides is 1. The highest BCUT2D eigenvalue weighted by atomic mass is 32.2. The first-order valence-corrected chi connectivity index (χ1v) is 11.3. The molecule has 0 aliphatic carbocycles. The number of aromatic nitrogens is 2. The maximum Gasteiger partial charge on any atom is 0.421 e. The fourth-order valence-corrected chi connectivity index (χ4v) is 3.56. The lowest BCUT2D eigenvalue weighted by molar-refractivity contribution is -0.137. The maximum atomic E-state index is 14.0. The normalized spacial score (nSPS) is 11.4. The van der Waals surface area contributed by atoms with Gasteiger partial charge in [-0.1, -0.05) is 12.1 Å². The molecule has 9 nitrogen and oxygen atoms in total. The van der Waals surface area contributed by atoms with E-state index in [-0.39, 0.29) is 29.6 Å². The van der Waals surface area contributed by atoms with Crippen molar-refractivity contribution in [1.82, 2.24) is 9.97 Å². The van der Waals surface area contributed by atoms with Gasteiger partial charge in [-0.3, -0.25) is 4.79 Å². The first kappa shape index (κ1) is 25.7. The molecule has 0 fully saturated rings. The Morgan fingerprint density at radius 2 is 1.91 bits per heavy atom. The molecule has 3 rings (SSSR count). The lowest BCUT2D eigenvalue weighted by Gasteiger charge is -2.18. The molecule has 2 aromatic carbocycles. The molecule has 0 bridgehead atoms. The van der Waals surface area contributed by atoms with Gasteiger partial charge in [-0.05, 0) is 35.9 Å². The van der Waals surface area contributed by atoms with E-state index < -0.39 is 40.0 Å². The minimum atomic E-state index is -4.75. The number of nitrogens with two attached hydrogens (primary N) is 1. The van der Waals surface area contributed by atoms with E-state index >= 15 is 0 Å². The number of rotatable bonds is 9. The van der Waals surface area contributed by atoms with Crippen LogP contribution in [0.5, 0.6) is 0 Å². The van der Waals surface area contributed by atoms with Gasteiger partial charge in [-0.15, -0.1) is 0 Å². The van der Waals surface area contributed by atoms with E-state index in [1.165, 1.54) is 11.0 Å². The highest BCUT2D eigenvalue weighted by molar-refractivity contribution is 7.72. The molecule has 0 saturated carbocycles. The Kier molecular flexibility index (Phi) is 7.74. The van der Waals surface area contributed by atoms with Crippen LogP contribution in [0.2, 0.25) is 0 Å². The van der Waals surface area contributed by atoms with Gasteiger partial charge in [-0.2, -0.15) is 18.2 Å². The molecule has 3 aromatic rings. The van der Waals surface area contributed by atoms with E-state index in [1.54, 1.807) is 31.3 Å². The lowest BCUT2D eigenvalue weighted by atomic mass is 10.2. The van der Waals surface area contributed by atoms with Crippen molar-refractivity contribution in [2.24, 2.45) is 5.73 Å². The average molecular weight is 512 g/mol. The van der Waals surface area contributed by atoms with Gasteiger partial charge in [0.25, 0.3) is 5.91 Å². The molecular weight excluding hydrogens is 492 g/mol. The third-order valence-corrected chi connectivity index (χ3v) is 5.38.